The van der Waals surface area contributed by atoms with Crippen molar-refractivity contribution in [3.8, 4) is 5.75 Å². The maximum atomic E-state index is 15.1. The zero-order valence-electron chi connectivity index (χ0n) is 22.1. The van der Waals surface area contributed by atoms with Crippen molar-refractivity contribution in [2.24, 2.45) is 5.92 Å². The smallest absolute Gasteiger partial charge is 0.421 e. The van der Waals surface area contributed by atoms with Gasteiger partial charge in [0.25, 0.3) is 5.91 Å². The summed E-state index contributed by atoms with van der Waals surface area (Å²) in [4.78, 5) is 25.5. The van der Waals surface area contributed by atoms with Crippen molar-refractivity contribution in [3.63, 3.8) is 0 Å². The third-order valence-electron chi connectivity index (χ3n) is 5.82. The number of carbonyl (C=O) groups is 1. The van der Waals surface area contributed by atoms with E-state index in [-0.39, 0.29) is 59.8 Å². The van der Waals surface area contributed by atoms with Gasteiger partial charge in [0.2, 0.25) is 5.95 Å². The molecule has 0 saturated carbocycles. The number of nitrogens with zero attached hydrogens (tertiary/aromatic N) is 2. The number of para-hydroxylation sites is 1. The van der Waals surface area contributed by atoms with E-state index in [1.54, 1.807) is 18.2 Å². The number of fused-ring (bicyclic) bond motifs is 1. The van der Waals surface area contributed by atoms with Gasteiger partial charge < -0.3 is 19.9 Å². The molecule has 0 unspecified atom stereocenters. The lowest BCUT2D eigenvalue weighted by Crippen LogP contribution is -2.27. The Morgan fingerprint density at radius 3 is 2.58 bits per heavy atom. The number of hydrogen-bond acceptors (Lipinski definition) is 8. The van der Waals surface area contributed by atoms with Crippen LogP contribution < -0.4 is 26.2 Å². The van der Waals surface area contributed by atoms with Crippen molar-refractivity contribution >= 4 is 41.5 Å². The Morgan fingerprint density at radius 1 is 1.18 bits per heavy atom. The van der Waals surface area contributed by atoms with Gasteiger partial charge in [-0.25, -0.2) is 14.9 Å². The van der Waals surface area contributed by atoms with Crippen LogP contribution in [0.1, 0.15) is 35.3 Å². The number of rotatable bonds is 9. The zero-order valence-corrected chi connectivity index (χ0v) is 23.0. The van der Waals surface area contributed by atoms with E-state index in [1.807, 2.05) is 13.8 Å². The molecule has 4 rings (SSSR count). The summed E-state index contributed by atoms with van der Waals surface area (Å²) in [5.41, 5.74) is 1.31. The summed E-state index contributed by atoms with van der Waals surface area (Å²) in [5, 5.41) is 5.69. The molecule has 0 atom stereocenters. The van der Waals surface area contributed by atoms with Crippen molar-refractivity contribution in [2.45, 2.75) is 26.4 Å². The summed E-state index contributed by atoms with van der Waals surface area (Å²) in [6.07, 6.45) is -4.00. The Hall–Kier alpha value is -3.70. The summed E-state index contributed by atoms with van der Waals surface area (Å²) in [6.45, 7) is 7.15. The fourth-order valence-electron chi connectivity index (χ4n) is 4.05. The van der Waals surface area contributed by atoms with Gasteiger partial charge >= 0.3 is 6.18 Å². The highest BCUT2D eigenvalue weighted by Gasteiger charge is 2.36. The average molecular weight is 582 g/mol. The lowest BCUT2D eigenvalue weighted by molar-refractivity contribution is -0.137. The molecule has 3 N–H and O–H groups in total. The molecule has 0 radical (unpaired) electrons. The van der Waals surface area contributed by atoms with Crippen LogP contribution in [0.4, 0.5) is 40.7 Å². The van der Waals surface area contributed by atoms with Crippen molar-refractivity contribution in [2.75, 3.05) is 37.2 Å². The number of benzene rings is 2. The van der Waals surface area contributed by atoms with Crippen LogP contribution in [0.2, 0.25) is 0 Å². The van der Waals surface area contributed by atoms with Gasteiger partial charge in [-0.05, 0) is 31.4 Å². The highest BCUT2D eigenvalue weighted by Crippen LogP contribution is 2.42. The quantitative estimate of drug-likeness (QED) is 0.170. The Morgan fingerprint density at radius 2 is 1.90 bits per heavy atom. The molecule has 0 bridgehead atoms. The molecule has 2 heterocycles. The Kier molecular flexibility index (Phi) is 8.36. The molecule has 3 aromatic rings. The molecule has 9 nitrogen and oxygen atoms in total. The van der Waals surface area contributed by atoms with Gasteiger partial charge in [-0.3, -0.25) is 9.63 Å². The maximum absolute atomic E-state index is 15.1. The van der Waals surface area contributed by atoms with Crippen molar-refractivity contribution in [3.05, 3.63) is 59.0 Å². The molecule has 0 saturated heterocycles. The topological polar surface area (TPSA) is 114 Å². The van der Waals surface area contributed by atoms with Crippen LogP contribution in [0.15, 0.2) is 36.5 Å². The minimum absolute atomic E-state index is 0.0300. The predicted octanol–water partition coefficient (Wildman–Crippen LogP) is 5.62. The largest absolute Gasteiger partial charge is 0.491 e. The molecule has 0 spiro atoms. The zero-order chi connectivity index (χ0) is 29.2. The summed E-state index contributed by atoms with van der Waals surface area (Å²) < 4.78 is 74.9. The Balaban J connectivity index is 1.69. The number of alkyl halides is 3. The third-order valence-corrected chi connectivity index (χ3v) is 7.37. The minimum Gasteiger partial charge on any atom is -0.491 e. The van der Waals surface area contributed by atoms with Crippen LogP contribution in [-0.4, -0.2) is 42.4 Å². The first kappa shape index (κ1) is 29.3. The lowest BCUT2D eigenvalue weighted by Gasteiger charge is -2.19. The van der Waals surface area contributed by atoms with E-state index in [0.29, 0.717) is 11.5 Å². The molecule has 2 aromatic carbocycles. The SMILES string of the molecule is CC(C)CONC(=O)c1c(F)cc(Nc2ncc(C(F)(F)F)c(Nc3ccccc3P(C)(C)=O)n2)c2c1CCO2. The Bertz CT molecular complexity index is 1480. The van der Waals surface area contributed by atoms with Gasteiger partial charge in [0.15, 0.2) is 0 Å². The predicted molar refractivity (Wildman–Crippen MR) is 143 cm³/mol. The second-order valence-corrected chi connectivity index (χ2v) is 13.1. The van der Waals surface area contributed by atoms with Crippen molar-refractivity contribution in [1.29, 1.82) is 0 Å². The van der Waals surface area contributed by atoms with Crippen LogP contribution in [-0.2, 0) is 22.0 Å². The van der Waals surface area contributed by atoms with Gasteiger partial charge in [-0.2, -0.15) is 18.2 Å². The summed E-state index contributed by atoms with van der Waals surface area (Å²) in [5.74, 6) is -2.28. The highest BCUT2D eigenvalue weighted by molar-refractivity contribution is 7.70. The summed E-state index contributed by atoms with van der Waals surface area (Å²) in [7, 11) is -2.86. The molecule has 1 aliphatic rings. The molecule has 1 aliphatic heterocycles. The number of aromatic nitrogens is 2. The molecular weight excluding hydrogens is 553 g/mol. The number of amides is 1. The molecule has 0 fully saturated rings. The first-order valence-corrected chi connectivity index (χ1v) is 14.9. The number of carbonyl (C=O) groups excluding carboxylic acids is 1. The van der Waals surface area contributed by atoms with Gasteiger partial charge in [0.05, 0.1) is 30.2 Å². The van der Waals surface area contributed by atoms with Gasteiger partial charge in [-0.15, -0.1) is 0 Å². The van der Waals surface area contributed by atoms with Crippen molar-refractivity contribution in [1.82, 2.24) is 15.4 Å². The number of hydrogen-bond donors (Lipinski definition) is 3. The highest BCUT2D eigenvalue weighted by atomic mass is 31.2. The molecule has 0 aliphatic carbocycles. The normalized spacial score (nSPS) is 13.1. The number of halogens is 4. The van der Waals surface area contributed by atoms with Gasteiger partial charge in [0, 0.05) is 29.6 Å². The second kappa shape index (κ2) is 11.4. The van der Waals surface area contributed by atoms with Crippen LogP contribution in [0.5, 0.6) is 5.75 Å². The second-order valence-electron chi connectivity index (χ2n) is 9.89. The van der Waals surface area contributed by atoms with Crippen molar-refractivity contribution < 1.29 is 36.5 Å². The maximum Gasteiger partial charge on any atom is 0.421 e. The first-order chi connectivity index (χ1) is 18.8. The fourth-order valence-corrected chi connectivity index (χ4v) is 5.20. The summed E-state index contributed by atoms with van der Waals surface area (Å²) in [6, 6.07) is 7.26. The number of ether oxygens (including phenoxy) is 1. The molecular formula is C26H28F4N5O4P. The van der Waals surface area contributed by atoms with E-state index in [1.165, 1.54) is 19.4 Å². The fraction of sp³-hybridized carbons (Fsp3) is 0.346. The number of anilines is 4. The minimum atomic E-state index is -4.80. The molecule has 214 valence electrons. The average Bonchev–Trinajstić information content (AvgIpc) is 3.33. The van der Waals surface area contributed by atoms with E-state index in [4.69, 9.17) is 9.57 Å². The molecule has 1 amide bonds. The van der Waals surface area contributed by atoms with Gasteiger partial charge in [0.1, 0.15) is 30.1 Å². The van der Waals surface area contributed by atoms with E-state index >= 15 is 4.39 Å². The van der Waals surface area contributed by atoms with E-state index in [0.717, 1.165) is 6.07 Å². The third kappa shape index (κ3) is 6.53. The molecule has 1 aromatic heterocycles. The van der Waals surface area contributed by atoms with Crippen LogP contribution in [0, 0.1) is 11.7 Å². The van der Waals surface area contributed by atoms with Crippen LogP contribution in [0.25, 0.3) is 0 Å². The Labute approximate surface area is 228 Å². The number of nitrogens with one attached hydrogen (secondary N) is 3. The van der Waals surface area contributed by atoms with E-state index in [2.05, 4.69) is 26.1 Å². The van der Waals surface area contributed by atoms with Crippen LogP contribution in [0.3, 0.4) is 0 Å². The monoisotopic (exact) mass is 581 g/mol. The van der Waals surface area contributed by atoms with Gasteiger partial charge in [-0.1, -0.05) is 26.0 Å². The standard InChI is InChI=1S/C26H28F4N5O4P/c1-14(2)13-39-35-24(36)21-15-9-10-38-22(15)19(11-17(21)27)33-25-31-12-16(26(28,29)30)23(34-25)32-18-7-5-6-8-20(18)40(3,4)37/h5-8,11-12,14H,9-10,13H2,1-4H3,(H,35,36)(H2,31,32,33,34). The van der Waals surface area contributed by atoms with Crippen LogP contribution >= 0.6 is 7.14 Å². The van der Waals surface area contributed by atoms with E-state index in [9.17, 15) is 22.5 Å². The van der Waals surface area contributed by atoms with E-state index < -0.39 is 36.4 Å². The number of hydroxylamine groups is 1. The first-order valence-electron chi connectivity index (χ1n) is 12.3. The lowest BCUT2D eigenvalue weighted by atomic mass is 10.0. The molecule has 40 heavy (non-hydrogen) atoms. The molecule has 14 heteroatoms. The summed E-state index contributed by atoms with van der Waals surface area (Å²) >= 11 is 0.